The fourth-order valence-corrected chi connectivity index (χ4v) is 4.52. The summed E-state index contributed by atoms with van der Waals surface area (Å²) in [5.74, 6) is 1.04. The van der Waals surface area contributed by atoms with Gasteiger partial charge in [-0.2, -0.15) is 0 Å². The molecule has 1 atom stereocenters. The third-order valence-electron chi connectivity index (χ3n) is 4.62. The minimum absolute atomic E-state index is 0.122. The van der Waals surface area contributed by atoms with Gasteiger partial charge < -0.3 is 9.84 Å². The maximum atomic E-state index is 9.17. The van der Waals surface area contributed by atoms with Crippen LogP contribution < -0.4 is 0 Å². The number of benzene rings is 1. The van der Waals surface area contributed by atoms with Gasteiger partial charge in [0, 0.05) is 10.6 Å². The van der Waals surface area contributed by atoms with Gasteiger partial charge in [-0.3, -0.25) is 0 Å². The van der Waals surface area contributed by atoms with Gasteiger partial charge in [-0.15, -0.1) is 11.8 Å². The molecule has 2 aliphatic rings. The van der Waals surface area contributed by atoms with Crippen molar-refractivity contribution in [2.45, 2.75) is 68.2 Å². The predicted molar refractivity (Wildman–Crippen MR) is 83.0 cm³/mol. The van der Waals surface area contributed by atoms with E-state index in [0.717, 1.165) is 11.3 Å². The lowest BCUT2D eigenvalue weighted by atomic mass is 9.83. The minimum Gasteiger partial charge on any atom is -0.392 e. The van der Waals surface area contributed by atoms with Gasteiger partial charge in [-0.1, -0.05) is 31.4 Å². The lowest BCUT2D eigenvalue weighted by Crippen LogP contribution is -2.32. The van der Waals surface area contributed by atoms with Crippen LogP contribution in [0.4, 0.5) is 0 Å². The summed E-state index contributed by atoms with van der Waals surface area (Å²) in [7, 11) is 0. The van der Waals surface area contributed by atoms with E-state index in [9.17, 15) is 5.11 Å². The van der Waals surface area contributed by atoms with Gasteiger partial charge in [0.2, 0.25) is 0 Å². The van der Waals surface area contributed by atoms with E-state index >= 15 is 0 Å². The lowest BCUT2D eigenvalue weighted by molar-refractivity contribution is -0.0555. The topological polar surface area (TPSA) is 29.5 Å². The molecule has 110 valence electrons. The Morgan fingerprint density at radius 1 is 1.20 bits per heavy atom. The number of rotatable bonds is 4. The second-order valence-corrected chi connectivity index (χ2v) is 7.23. The Bertz CT molecular complexity index is 440. The molecule has 1 aromatic carbocycles. The highest BCUT2D eigenvalue weighted by atomic mass is 32.2. The van der Waals surface area contributed by atoms with Gasteiger partial charge in [0.1, 0.15) is 0 Å². The second-order valence-electron chi connectivity index (χ2n) is 6.14. The van der Waals surface area contributed by atoms with Crippen LogP contribution in [-0.2, 0) is 11.3 Å². The highest BCUT2D eigenvalue weighted by Crippen LogP contribution is 2.42. The summed E-state index contributed by atoms with van der Waals surface area (Å²) < 4.78 is 6.40. The molecule has 20 heavy (non-hydrogen) atoms. The smallest absolute Gasteiger partial charge is 0.0687 e. The lowest BCUT2D eigenvalue weighted by Gasteiger charge is -2.33. The first-order valence-electron chi connectivity index (χ1n) is 7.80. The quantitative estimate of drug-likeness (QED) is 0.845. The van der Waals surface area contributed by atoms with E-state index in [-0.39, 0.29) is 12.2 Å². The Balaban J connectivity index is 1.51. The summed E-state index contributed by atoms with van der Waals surface area (Å²) in [4.78, 5) is 1.24. The van der Waals surface area contributed by atoms with Crippen molar-refractivity contribution in [3.63, 3.8) is 0 Å². The van der Waals surface area contributed by atoms with Gasteiger partial charge in [-0.25, -0.2) is 0 Å². The molecule has 1 aromatic rings. The number of thioether (sulfide) groups is 1. The highest BCUT2D eigenvalue weighted by molar-refractivity contribution is 7.99. The van der Waals surface area contributed by atoms with Crippen LogP contribution in [0.3, 0.4) is 0 Å². The number of ether oxygens (including phenoxy) is 1. The molecule has 2 fully saturated rings. The molecule has 3 heteroatoms. The molecule has 1 aliphatic carbocycles. The van der Waals surface area contributed by atoms with E-state index in [2.05, 4.69) is 12.1 Å². The number of aliphatic hydroxyl groups is 1. The maximum Gasteiger partial charge on any atom is 0.0687 e. The van der Waals surface area contributed by atoms with Crippen LogP contribution in [0.2, 0.25) is 0 Å². The molecule has 1 heterocycles. The van der Waals surface area contributed by atoms with Crippen LogP contribution in [0.5, 0.6) is 0 Å². The van der Waals surface area contributed by atoms with Gasteiger partial charge in [-0.05, 0) is 43.4 Å². The number of hydrogen-bond donors (Lipinski definition) is 1. The van der Waals surface area contributed by atoms with Gasteiger partial charge in [0.15, 0.2) is 0 Å². The third-order valence-corrected chi connectivity index (χ3v) is 5.75. The largest absolute Gasteiger partial charge is 0.392 e. The van der Waals surface area contributed by atoms with Crippen LogP contribution in [0.25, 0.3) is 0 Å². The fourth-order valence-electron chi connectivity index (χ4n) is 3.50. The Morgan fingerprint density at radius 3 is 2.85 bits per heavy atom. The molecule has 1 saturated heterocycles. The molecule has 0 amide bonds. The first kappa shape index (κ1) is 14.4. The van der Waals surface area contributed by atoms with Gasteiger partial charge in [0.05, 0.1) is 18.3 Å². The molecule has 1 aliphatic heterocycles. The van der Waals surface area contributed by atoms with Crippen molar-refractivity contribution in [2.75, 3.05) is 5.75 Å². The zero-order chi connectivity index (χ0) is 13.8. The van der Waals surface area contributed by atoms with E-state index < -0.39 is 0 Å². The van der Waals surface area contributed by atoms with Crippen molar-refractivity contribution in [1.82, 2.24) is 0 Å². The Kier molecular flexibility index (Phi) is 4.69. The highest BCUT2D eigenvalue weighted by Gasteiger charge is 2.40. The number of hydrogen-bond acceptors (Lipinski definition) is 3. The van der Waals surface area contributed by atoms with E-state index in [1.807, 2.05) is 23.9 Å². The standard InChI is InChI=1S/C17H24O2S/c18-12-14-5-4-6-16(11-14)20-13-15-7-10-17(19-15)8-2-1-3-9-17/h4-6,11,15,18H,1-3,7-10,12-13H2. The average Bonchev–Trinajstić information content (AvgIpc) is 2.89. The molecular weight excluding hydrogens is 268 g/mol. The first-order chi connectivity index (χ1) is 9.80. The molecule has 3 rings (SSSR count). The molecule has 1 saturated carbocycles. The summed E-state index contributed by atoms with van der Waals surface area (Å²) in [5, 5.41) is 9.17. The Morgan fingerprint density at radius 2 is 2.05 bits per heavy atom. The Labute approximate surface area is 125 Å². The summed E-state index contributed by atoms with van der Waals surface area (Å²) in [5.41, 5.74) is 1.22. The van der Waals surface area contributed by atoms with Crippen molar-refractivity contribution in [2.24, 2.45) is 0 Å². The molecule has 1 N–H and O–H groups in total. The van der Waals surface area contributed by atoms with Crippen LogP contribution in [0, 0.1) is 0 Å². The first-order valence-corrected chi connectivity index (χ1v) is 8.79. The Hall–Kier alpha value is -0.510. The minimum atomic E-state index is 0.122. The normalized spacial score (nSPS) is 25.1. The SMILES string of the molecule is OCc1cccc(SCC2CCC3(CCCCC3)O2)c1. The summed E-state index contributed by atoms with van der Waals surface area (Å²) >= 11 is 1.86. The van der Waals surface area contributed by atoms with Gasteiger partial charge >= 0.3 is 0 Å². The third kappa shape index (κ3) is 3.38. The number of aliphatic hydroxyl groups excluding tert-OH is 1. The van der Waals surface area contributed by atoms with Crippen molar-refractivity contribution >= 4 is 11.8 Å². The van der Waals surface area contributed by atoms with E-state index in [1.54, 1.807) is 0 Å². The molecular formula is C17H24O2S. The van der Waals surface area contributed by atoms with Crippen molar-refractivity contribution in [3.05, 3.63) is 29.8 Å². The molecule has 1 spiro atoms. The van der Waals surface area contributed by atoms with Crippen molar-refractivity contribution in [3.8, 4) is 0 Å². The summed E-state index contributed by atoms with van der Waals surface area (Å²) in [6.07, 6.45) is 9.51. The van der Waals surface area contributed by atoms with Crippen molar-refractivity contribution < 1.29 is 9.84 Å². The maximum absolute atomic E-state index is 9.17. The molecule has 0 aromatic heterocycles. The zero-order valence-electron chi connectivity index (χ0n) is 12.0. The zero-order valence-corrected chi connectivity index (χ0v) is 12.8. The van der Waals surface area contributed by atoms with Gasteiger partial charge in [0.25, 0.3) is 0 Å². The summed E-state index contributed by atoms with van der Waals surface area (Å²) in [6, 6.07) is 8.18. The second kappa shape index (κ2) is 6.50. The molecule has 2 nitrogen and oxygen atoms in total. The van der Waals surface area contributed by atoms with Crippen LogP contribution >= 0.6 is 11.8 Å². The van der Waals surface area contributed by atoms with Crippen LogP contribution in [0.15, 0.2) is 29.2 Å². The van der Waals surface area contributed by atoms with Crippen molar-refractivity contribution in [1.29, 1.82) is 0 Å². The van der Waals surface area contributed by atoms with E-state index in [0.29, 0.717) is 6.10 Å². The fraction of sp³-hybridized carbons (Fsp3) is 0.647. The summed E-state index contributed by atoms with van der Waals surface area (Å²) in [6.45, 7) is 0.122. The van der Waals surface area contributed by atoms with Crippen LogP contribution in [-0.4, -0.2) is 22.6 Å². The van der Waals surface area contributed by atoms with E-state index in [1.165, 1.54) is 49.8 Å². The molecule has 1 unspecified atom stereocenters. The van der Waals surface area contributed by atoms with Crippen LogP contribution in [0.1, 0.15) is 50.5 Å². The molecule has 0 bridgehead atoms. The predicted octanol–water partition coefficient (Wildman–Crippen LogP) is 4.15. The van der Waals surface area contributed by atoms with E-state index in [4.69, 9.17) is 4.74 Å². The molecule has 0 radical (unpaired) electrons. The monoisotopic (exact) mass is 292 g/mol. The average molecular weight is 292 g/mol.